The molecule has 1 fully saturated rings. The third-order valence-corrected chi connectivity index (χ3v) is 8.13. The number of hydrogen-bond donors (Lipinski definition) is 1. The average Bonchev–Trinajstić information content (AvgIpc) is 2.97. The lowest BCUT2D eigenvalue weighted by atomic mass is 9.95. The molecule has 152 valence electrons. The highest BCUT2D eigenvalue weighted by molar-refractivity contribution is 7.89. The number of carbonyl (C=O) groups is 1. The molecule has 1 amide bonds. The summed E-state index contributed by atoms with van der Waals surface area (Å²) < 4.78 is 27.9. The van der Waals surface area contributed by atoms with E-state index < -0.39 is 10.0 Å². The molecule has 0 bridgehead atoms. The van der Waals surface area contributed by atoms with E-state index in [1.165, 1.54) is 27.8 Å². The van der Waals surface area contributed by atoms with Crippen LogP contribution in [0, 0.1) is 13.8 Å². The predicted molar refractivity (Wildman–Crippen MR) is 112 cm³/mol. The Balaban J connectivity index is 1.84. The normalized spacial score (nSPS) is 15.7. The summed E-state index contributed by atoms with van der Waals surface area (Å²) in [6, 6.07) is 5.89. The molecule has 0 saturated heterocycles. The topological polar surface area (TPSA) is 79.4 Å². The van der Waals surface area contributed by atoms with Crippen molar-refractivity contribution in [3.63, 3.8) is 0 Å². The van der Waals surface area contributed by atoms with Crippen molar-refractivity contribution in [2.45, 2.75) is 56.9 Å². The summed E-state index contributed by atoms with van der Waals surface area (Å²) in [4.78, 5) is 18.1. The predicted octanol–water partition coefficient (Wildman–Crippen LogP) is 4.38. The number of nitrogens with one attached hydrogen (secondary N) is 1. The minimum atomic E-state index is -3.81. The molecule has 1 N–H and O–H groups in total. The molecule has 0 unspecified atom stereocenters. The lowest BCUT2D eigenvalue weighted by molar-refractivity contribution is -0.116. The quantitative estimate of drug-likeness (QED) is 0.721. The van der Waals surface area contributed by atoms with Gasteiger partial charge in [-0.3, -0.25) is 4.79 Å². The van der Waals surface area contributed by atoms with Crippen LogP contribution in [0.1, 0.15) is 42.7 Å². The summed E-state index contributed by atoms with van der Waals surface area (Å²) >= 11 is 7.29. The number of sulfonamides is 1. The summed E-state index contributed by atoms with van der Waals surface area (Å²) in [7, 11) is -3.81. The van der Waals surface area contributed by atoms with Crippen molar-refractivity contribution in [1.82, 2.24) is 9.29 Å². The van der Waals surface area contributed by atoms with Gasteiger partial charge in [0.2, 0.25) is 15.9 Å². The Hall–Kier alpha value is -1.48. The number of hydrogen-bond acceptors (Lipinski definition) is 5. The molecular formula is C19H24ClN3O3S2. The Labute approximate surface area is 175 Å². The van der Waals surface area contributed by atoms with Crippen LogP contribution in [0.15, 0.2) is 29.2 Å². The highest BCUT2D eigenvalue weighted by atomic mass is 35.5. The molecule has 1 aliphatic rings. The fourth-order valence-corrected chi connectivity index (χ4v) is 5.95. The van der Waals surface area contributed by atoms with Crippen molar-refractivity contribution < 1.29 is 13.2 Å². The molecule has 1 saturated carbocycles. The standard InChI is InChI=1S/C19H24ClN3O3S2/c1-13-14(2)27-19(21-13)22-18(24)12-23(16-6-4-3-5-7-16)28(25,26)17-10-8-15(20)9-11-17/h8-11,16H,3-7,12H2,1-2H3,(H,21,22,24). The van der Waals surface area contributed by atoms with Gasteiger partial charge < -0.3 is 5.32 Å². The molecule has 6 nitrogen and oxygen atoms in total. The van der Waals surface area contributed by atoms with Crippen molar-refractivity contribution in [1.29, 1.82) is 0 Å². The van der Waals surface area contributed by atoms with Gasteiger partial charge in [0.15, 0.2) is 5.13 Å². The molecular weight excluding hydrogens is 418 g/mol. The van der Waals surface area contributed by atoms with Crippen LogP contribution < -0.4 is 5.32 Å². The number of aryl methyl sites for hydroxylation is 2. The van der Waals surface area contributed by atoms with Gasteiger partial charge in [0.1, 0.15) is 0 Å². The molecule has 0 spiro atoms. The first-order valence-electron chi connectivity index (χ1n) is 9.28. The highest BCUT2D eigenvalue weighted by Crippen LogP contribution is 2.29. The summed E-state index contributed by atoms with van der Waals surface area (Å²) in [6.45, 7) is 3.58. The lowest BCUT2D eigenvalue weighted by Crippen LogP contribution is -2.45. The first-order valence-corrected chi connectivity index (χ1v) is 11.9. The maximum Gasteiger partial charge on any atom is 0.243 e. The second-order valence-electron chi connectivity index (χ2n) is 7.00. The van der Waals surface area contributed by atoms with E-state index >= 15 is 0 Å². The molecule has 2 aromatic rings. The van der Waals surface area contributed by atoms with Crippen molar-refractivity contribution in [2.75, 3.05) is 11.9 Å². The van der Waals surface area contributed by atoms with E-state index in [0.717, 1.165) is 42.7 Å². The fourth-order valence-electron chi connectivity index (χ4n) is 3.35. The summed E-state index contributed by atoms with van der Waals surface area (Å²) in [5.41, 5.74) is 0.859. The zero-order valence-corrected chi connectivity index (χ0v) is 18.3. The van der Waals surface area contributed by atoms with Crippen LogP contribution in [0.4, 0.5) is 5.13 Å². The van der Waals surface area contributed by atoms with Crippen molar-refractivity contribution in [3.05, 3.63) is 39.9 Å². The van der Waals surface area contributed by atoms with Gasteiger partial charge in [-0.2, -0.15) is 4.31 Å². The van der Waals surface area contributed by atoms with E-state index in [0.29, 0.717) is 10.2 Å². The molecule has 0 aliphatic heterocycles. The zero-order valence-electron chi connectivity index (χ0n) is 15.9. The largest absolute Gasteiger partial charge is 0.301 e. The molecule has 9 heteroatoms. The number of aromatic nitrogens is 1. The Morgan fingerprint density at radius 1 is 1.21 bits per heavy atom. The van der Waals surface area contributed by atoms with E-state index in [1.54, 1.807) is 12.1 Å². The summed E-state index contributed by atoms with van der Waals surface area (Å²) in [5, 5.41) is 3.71. The molecule has 1 aliphatic carbocycles. The van der Waals surface area contributed by atoms with E-state index in [-0.39, 0.29) is 23.4 Å². The van der Waals surface area contributed by atoms with E-state index in [4.69, 9.17) is 11.6 Å². The van der Waals surface area contributed by atoms with Crippen LogP contribution in [0.2, 0.25) is 5.02 Å². The molecule has 0 radical (unpaired) electrons. The van der Waals surface area contributed by atoms with Crippen molar-refractivity contribution in [2.24, 2.45) is 0 Å². The smallest absolute Gasteiger partial charge is 0.243 e. The monoisotopic (exact) mass is 441 g/mol. The Bertz CT molecular complexity index is 916. The Morgan fingerprint density at radius 3 is 2.43 bits per heavy atom. The SMILES string of the molecule is Cc1nc(NC(=O)CN(C2CCCCC2)S(=O)(=O)c2ccc(Cl)cc2)sc1C. The van der Waals surface area contributed by atoms with Gasteiger partial charge in [-0.1, -0.05) is 30.9 Å². The van der Waals surface area contributed by atoms with Crippen LogP contribution in [0.25, 0.3) is 0 Å². The number of halogens is 1. The number of benzene rings is 1. The maximum absolute atomic E-state index is 13.3. The molecule has 1 aromatic heterocycles. The van der Waals surface area contributed by atoms with Gasteiger partial charge in [-0.25, -0.2) is 13.4 Å². The molecule has 28 heavy (non-hydrogen) atoms. The van der Waals surface area contributed by atoms with E-state index in [2.05, 4.69) is 10.3 Å². The van der Waals surface area contributed by atoms with Gasteiger partial charge in [0.05, 0.1) is 17.1 Å². The second kappa shape index (κ2) is 8.90. The van der Waals surface area contributed by atoms with Crippen LogP contribution >= 0.6 is 22.9 Å². The van der Waals surface area contributed by atoms with Gasteiger partial charge >= 0.3 is 0 Å². The molecule has 1 heterocycles. The van der Waals surface area contributed by atoms with Gasteiger partial charge in [-0.05, 0) is 51.0 Å². The third kappa shape index (κ3) is 4.92. The van der Waals surface area contributed by atoms with E-state index in [9.17, 15) is 13.2 Å². The zero-order chi connectivity index (χ0) is 20.3. The Morgan fingerprint density at radius 2 is 1.86 bits per heavy atom. The third-order valence-electron chi connectivity index (χ3n) is 4.98. The fraction of sp³-hybridized carbons (Fsp3) is 0.474. The lowest BCUT2D eigenvalue weighted by Gasteiger charge is -2.32. The van der Waals surface area contributed by atoms with Gasteiger partial charge in [-0.15, -0.1) is 11.3 Å². The number of carbonyl (C=O) groups excluding carboxylic acids is 1. The average molecular weight is 442 g/mol. The van der Waals surface area contributed by atoms with Crippen LogP contribution in [0.3, 0.4) is 0 Å². The molecule has 3 rings (SSSR count). The molecule has 0 atom stereocenters. The Kier molecular flexibility index (Phi) is 6.75. The first-order chi connectivity index (χ1) is 13.3. The number of anilines is 1. The summed E-state index contributed by atoms with van der Waals surface area (Å²) in [6.07, 6.45) is 4.54. The highest BCUT2D eigenvalue weighted by Gasteiger charge is 2.34. The summed E-state index contributed by atoms with van der Waals surface area (Å²) in [5.74, 6) is -0.378. The number of thiazole rings is 1. The van der Waals surface area contributed by atoms with Crippen LogP contribution in [0.5, 0.6) is 0 Å². The minimum absolute atomic E-state index is 0.149. The van der Waals surface area contributed by atoms with Gasteiger partial charge in [0.25, 0.3) is 0 Å². The van der Waals surface area contributed by atoms with Crippen LogP contribution in [-0.4, -0.2) is 36.2 Å². The first kappa shape index (κ1) is 21.2. The van der Waals surface area contributed by atoms with Crippen LogP contribution in [-0.2, 0) is 14.8 Å². The molecule has 1 aromatic carbocycles. The van der Waals surface area contributed by atoms with E-state index in [1.807, 2.05) is 13.8 Å². The van der Waals surface area contributed by atoms with Crippen molar-refractivity contribution >= 4 is 44.0 Å². The maximum atomic E-state index is 13.3. The number of amides is 1. The van der Waals surface area contributed by atoms with Gasteiger partial charge in [0, 0.05) is 15.9 Å². The number of rotatable bonds is 6. The number of nitrogens with zero attached hydrogens (tertiary/aromatic N) is 2. The minimum Gasteiger partial charge on any atom is -0.301 e. The van der Waals surface area contributed by atoms with Crippen molar-refractivity contribution in [3.8, 4) is 0 Å². The second-order valence-corrected chi connectivity index (χ2v) is 10.5.